The van der Waals surface area contributed by atoms with Crippen LogP contribution in [0.3, 0.4) is 0 Å². The summed E-state index contributed by atoms with van der Waals surface area (Å²) in [6, 6.07) is 8.60. The highest BCUT2D eigenvalue weighted by molar-refractivity contribution is 5.81. The third-order valence-electron chi connectivity index (χ3n) is 2.88. The molecule has 0 unspecified atom stereocenters. The fourth-order valence-electron chi connectivity index (χ4n) is 1.62. The molecule has 4 N–H and O–H groups in total. The Morgan fingerprint density at radius 2 is 1.95 bits per heavy atom. The summed E-state index contributed by atoms with van der Waals surface area (Å²) < 4.78 is 5.40. The molecule has 1 aromatic rings. The van der Waals surface area contributed by atoms with Crippen LogP contribution in [-0.2, 0) is 9.59 Å². The summed E-state index contributed by atoms with van der Waals surface area (Å²) in [5.74, 6) is -0.604. The van der Waals surface area contributed by atoms with E-state index < -0.39 is 18.1 Å². The van der Waals surface area contributed by atoms with Gasteiger partial charge in [-0.15, -0.1) is 0 Å². The smallest absolute Gasteiger partial charge is 0.305 e. The maximum Gasteiger partial charge on any atom is 0.305 e. The molecule has 0 aliphatic rings. The third kappa shape index (κ3) is 7.61. The molecule has 1 rings (SSSR count). The van der Waals surface area contributed by atoms with Gasteiger partial charge in [-0.25, -0.2) is 0 Å². The van der Waals surface area contributed by atoms with Gasteiger partial charge < -0.3 is 25.6 Å². The van der Waals surface area contributed by atoms with Gasteiger partial charge in [0.2, 0.25) is 5.91 Å². The number of carboxylic acids is 1. The highest BCUT2D eigenvalue weighted by atomic mass is 16.5. The van der Waals surface area contributed by atoms with Crippen molar-refractivity contribution in [3.05, 3.63) is 30.3 Å². The Morgan fingerprint density at radius 1 is 1.27 bits per heavy atom. The molecule has 0 spiro atoms. The Balaban J connectivity index is 2.18. The van der Waals surface area contributed by atoms with Crippen LogP contribution in [0.5, 0.6) is 5.75 Å². The second kappa shape index (κ2) is 9.75. The molecular weight excluding hydrogens is 288 g/mol. The Hall–Kier alpha value is -2.12. The maximum absolute atomic E-state index is 11.6. The number of carbonyl (C=O) groups excluding carboxylic acids is 1. The summed E-state index contributed by atoms with van der Waals surface area (Å²) in [6.45, 7) is 2.03. The number of carboxylic acid groups (broad SMARTS) is 1. The van der Waals surface area contributed by atoms with Crippen molar-refractivity contribution >= 4 is 11.9 Å². The highest BCUT2D eigenvalue weighted by Gasteiger charge is 2.14. The molecule has 7 heteroatoms. The quantitative estimate of drug-likeness (QED) is 0.484. The Bertz CT molecular complexity index is 466. The third-order valence-corrected chi connectivity index (χ3v) is 2.88. The van der Waals surface area contributed by atoms with Crippen LogP contribution in [0.2, 0.25) is 0 Å². The number of hydrogen-bond acceptors (Lipinski definition) is 5. The van der Waals surface area contributed by atoms with Crippen LogP contribution < -0.4 is 15.4 Å². The molecule has 0 aromatic heterocycles. The zero-order valence-electron chi connectivity index (χ0n) is 12.5. The monoisotopic (exact) mass is 310 g/mol. The van der Waals surface area contributed by atoms with Gasteiger partial charge in [0.1, 0.15) is 18.5 Å². The van der Waals surface area contributed by atoms with Gasteiger partial charge in [-0.2, -0.15) is 0 Å². The van der Waals surface area contributed by atoms with E-state index >= 15 is 0 Å². The fourth-order valence-corrected chi connectivity index (χ4v) is 1.62. The van der Waals surface area contributed by atoms with Gasteiger partial charge in [-0.05, 0) is 19.1 Å². The number of amides is 1. The van der Waals surface area contributed by atoms with Crippen molar-refractivity contribution in [2.45, 2.75) is 25.5 Å². The lowest BCUT2D eigenvalue weighted by molar-refractivity contribution is -0.136. The minimum absolute atomic E-state index is 0.0832. The van der Waals surface area contributed by atoms with Crippen molar-refractivity contribution < 1.29 is 24.5 Å². The molecule has 1 aromatic carbocycles. The second-order valence-electron chi connectivity index (χ2n) is 4.84. The molecule has 22 heavy (non-hydrogen) atoms. The highest BCUT2D eigenvalue weighted by Crippen LogP contribution is 2.08. The average molecular weight is 310 g/mol. The topological polar surface area (TPSA) is 108 Å². The number of nitrogens with one attached hydrogen (secondary N) is 2. The van der Waals surface area contributed by atoms with Gasteiger partial charge in [0.25, 0.3) is 0 Å². The molecule has 0 fully saturated rings. The Kier molecular flexibility index (Phi) is 7.95. The number of benzene rings is 1. The lowest BCUT2D eigenvalue weighted by Gasteiger charge is -2.17. The van der Waals surface area contributed by atoms with E-state index in [1.807, 2.05) is 18.2 Å². The van der Waals surface area contributed by atoms with Crippen molar-refractivity contribution in [3.63, 3.8) is 0 Å². The van der Waals surface area contributed by atoms with E-state index in [1.54, 1.807) is 19.1 Å². The number of hydrogen-bond donors (Lipinski definition) is 4. The van der Waals surface area contributed by atoms with Crippen LogP contribution in [0.1, 0.15) is 13.3 Å². The van der Waals surface area contributed by atoms with Crippen LogP contribution in [0, 0.1) is 0 Å². The van der Waals surface area contributed by atoms with E-state index in [2.05, 4.69) is 10.6 Å². The molecule has 7 nitrogen and oxygen atoms in total. The van der Waals surface area contributed by atoms with Crippen molar-refractivity contribution in [1.29, 1.82) is 0 Å². The number of aliphatic hydroxyl groups is 1. The van der Waals surface area contributed by atoms with Crippen LogP contribution in [-0.4, -0.2) is 53.9 Å². The molecule has 2 atom stereocenters. The number of ether oxygens (including phenoxy) is 1. The van der Waals surface area contributed by atoms with E-state index in [-0.39, 0.29) is 32.0 Å². The van der Waals surface area contributed by atoms with Crippen LogP contribution in [0.15, 0.2) is 30.3 Å². The van der Waals surface area contributed by atoms with Crippen LogP contribution in [0.4, 0.5) is 0 Å². The van der Waals surface area contributed by atoms with E-state index in [1.165, 1.54) is 0 Å². The number of para-hydroxylation sites is 1. The minimum atomic E-state index is -0.964. The molecule has 0 bridgehead atoms. The first kappa shape index (κ1) is 17.9. The lowest BCUT2D eigenvalue weighted by atomic mass is 10.2. The van der Waals surface area contributed by atoms with E-state index in [0.29, 0.717) is 5.75 Å². The van der Waals surface area contributed by atoms with Gasteiger partial charge >= 0.3 is 5.97 Å². The Morgan fingerprint density at radius 3 is 2.59 bits per heavy atom. The number of aliphatic carboxylic acids is 1. The predicted molar refractivity (Wildman–Crippen MR) is 80.7 cm³/mol. The van der Waals surface area contributed by atoms with E-state index in [4.69, 9.17) is 9.84 Å². The minimum Gasteiger partial charge on any atom is -0.491 e. The molecule has 0 saturated carbocycles. The largest absolute Gasteiger partial charge is 0.491 e. The average Bonchev–Trinajstić information content (AvgIpc) is 2.51. The van der Waals surface area contributed by atoms with Crippen molar-refractivity contribution in [3.8, 4) is 5.75 Å². The Labute approximate surface area is 129 Å². The summed E-state index contributed by atoms with van der Waals surface area (Å²) >= 11 is 0. The standard InChI is InChI=1S/C15H22N2O5/c1-11(15(21)16-8-7-14(19)20)17-9-12(18)10-22-13-5-3-2-4-6-13/h2-6,11-12,17-18H,7-10H2,1H3,(H,16,21)(H,19,20)/t11-,12+/m0/s1. The molecule has 0 saturated heterocycles. The maximum atomic E-state index is 11.6. The van der Waals surface area contributed by atoms with Crippen LogP contribution >= 0.6 is 0 Å². The molecule has 0 radical (unpaired) electrons. The van der Waals surface area contributed by atoms with Gasteiger partial charge in [-0.1, -0.05) is 18.2 Å². The van der Waals surface area contributed by atoms with Crippen molar-refractivity contribution in [1.82, 2.24) is 10.6 Å². The molecule has 1 amide bonds. The van der Waals surface area contributed by atoms with Gasteiger partial charge in [0, 0.05) is 13.1 Å². The van der Waals surface area contributed by atoms with Crippen molar-refractivity contribution in [2.24, 2.45) is 0 Å². The summed E-state index contributed by atoms with van der Waals surface area (Å²) in [4.78, 5) is 22.0. The summed E-state index contributed by atoms with van der Waals surface area (Å²) in [6.07, 6.45) is -0.874. The second-order valence-corrected chi connectivity index (χ2v) is 4.84. The lowest BCUT2D eigenvalue weighted by Crippen LogP contribution is -2.46. The normalized spacial score (nSPS) is 13.2. The zero-order chi connectivity index (χ0) is 16.4. The molecule has 122 valence electrons. The van der Waals surface area contributed by atoms with E-state index in [9.17, 15) is 14.7 Å². The predicted octanol–water partition coefficient (Wildman–Crippen LogP) is -0.00470. The number of carbonyl (C=O) groups is 2. The van der Waals surface area contributed by atoms with Crippen LogP contribution in [0.25, 0.3) is 0 Å². The molecule has 0 heterocycles. The number of aliphatic hydroxyl groups excluding tert-OH is 1. The molecule has 0 aliphatic carbocycles. The first-order valence-electron chi connectivity index (χ1n) is 7.08. The fraction of sp³-hybridized carbons (Fsp3) is 0.467. The SMILES string of the molecule is C[C@H](NC[C@@H](O)COc1ccccc1)C(=O)NCCC(=O)O. The van der Waals surface area contributed by atoms with Gasteiger partial charge in [0.05, 0.1) is 12.5 Å². The van der Waals surface area contributed by atoms with Gasteiger partial charge in [-0.3, -0.25) is 9.59 Å². The first-order valence-corrected chi connectivity index (χ1v) is 7.08. The summed E-state index contributed by atoms with van der Waals surface area (Å²) in [5.41, 5.74) is 0. The summed E-state index contributed by atoms with van der Waals surface area (Å²) in [5, 5.41) is 23.6. The van der Waals surface area contributed by atoms with Crippen molar-refractivity contribution in [2.75, 3.05) is 19.7 Å². The van der Waals surface area contributed by atoms with E-state index in [0.717, 1.165) is 0 Å². The molecule has 0 aliphatic heterocycles. The first-order chi connectivity index (χ1) is 10.5. The number of rotatable bonds is 10. The zero-order valence-corrected chi connectivity index (χ0v) is 12.5. The van der Waals surface area contributed by atoms with Gasteiger partial charge in [0.15, 0.2) is 0 Å². The molecular formula is C15H22N2O5. The summed E-state index contributed by atoms with van der Waals surface area (Å²) in [7, 11) is 0.